The lowest BCUT2D eigenvalue weighted by molar-refractivity contribution is 0.350. The van der Waals surface area contributed by atoms with Crippen molar-refractivity contribution in [1.82, 2.24) is 19.9 Å². The Morgan fingerprint density at radius 1 is 1.38 bits per heavy atom. The summed E-state index contributed by atoms with van der Waals surface area (Å²) in [6.45, 7) is 1.65. The molecule has 0 radical (unpaired) electrons. The van der Waals surface area contributed by atoms with Crippen molar-refractivity contribution >= 4 is 10.0 Å². The van der Waals surface area contributed by atoms with Crippen LogP contribution in [0.15, 0.2) is 29.6 Å². The van der Waals surface area contributed by atoms with E-state index >= 15 is 0 Å². The quantitative estimate of drug-likeness (QED) is 0.686. The molecule has 110 valence electrons. The van der Waals surface area contributed by atoms with Gasteiger partial charge in [-0.15, -0.1) is 0 Å². The van der Waals surface area contributed by atoms with Gasteiger partial charge in [-0.3, -0.25) is 10.1 Å². The van der Waals surface area contributed by atoms with Gasteiger partial charge >= 0.3 is 0 Å². The first-order chi connectivity index (χ1) is 10.0. The third kappa shape index (κ3) is 3.88. The molecule has 0 aliphatic heterocycles. The second kappa shape index (κ2) is 6.49. The molecular weight excluding hydrogens is 292 g/mol. The van der Waals surface area contributed by atoms with E-state index in [1.54, 1.807) is 6.20 Å². The maximum absolute atomic E-state index is 12.2. The summed E-state index contributed by atoms with van der Waals surface area (Å²) < 4.78 is 26.8. The smallest absolute Gasteiger partial charge is 0.242 e. The van der Waals surface area contributed by atoms with Crippen molar-refractivity contribution in [3.8, 4) is 11.8 Å². The monoisotopic (exact) mass is 306 g/mol. The summed E-state index contributed by atoms with van der Waals surface area (Å²) in [6, 6.07) is 1.40. The Kier molecular flexibility index (Phi) is 4.70. The molecule has 0 aliphatic carbocycles. The van der Waals surface area contributed by atoms with E-state index in [1.807, 2.05) is 6.92 Å². The molecule has 7 nitrogen and oxygen atoms in total. The summed E-state index contributed by atoms with van der Waals surface area (Å²) in [5.74, 6) is 5.06. The number of aliphatic hydroxyl groups excluding tert-OH is 1. The zero-order chi connectivity index (χ0) is 15.3. The molecule has 0 spiro atoms. The highest BCUT2D eigenvalue weighted by Crippen LogP contribution is 2.10. The topological polar surface area (TPSA) is 108 Å². The molecule has 2 aromatic heterocycles. The number of aromatic nitrogens is 3. The maximum atomic E-state index is 12.2. The second-order valence-electron chi connectivity index (χ2n) is 4.21. The lowest BCUT2D eigenvalue weighted by atomic mass is 10.3. The zero-order valence-electron chi connectivity index (χ0n) is 11.3. The number of aromatic amines is 1. The Balaban J connectivity index is 2.17. The van der Waals surface area contributed by atoms with E-state index in [-0.39, 0.29) is 18.0 Å². The van der Waals surface area contributed by atoms with Crippen molar-refractivity contribution < 1.29 is 13.5 Å². The van der Waals surface area contributed by atoms with E-state index in [2.05, 4.69) is 31.7 Å². The fourth-order valence-electron chi connectivity index (χ4n) is 1.59. The van der Waals surface area contributed by atoms with Crippen LogP contribution < -0.4 is 4.72 Å². The van der Waals surface area contributed by atoms with Gasteiger partial charge in [-0.2, -0.15) is 5.10 Å². The number of pyridine rings is 1. The molecule has 21 heavy (non-hydrogen) atoms. The molecular formula is C13H14N4O3S. The van der Waals surface area contributed by atoms with E-state index in [0.29, 0.717) is 5.56 Å². The van der Waals surface area contributed by atoms with Crippen LogP contribution in [0.5, 0.6) is 0 Å². The molecule has 0 unspecified atom stereocenters. The normalized spacial score (nSPS) is 11.0. The summed E-state index contributed by atoms with van der Waals surface area (Å²) in [4.78, 5) is 3.87. The fourth-order valence-corrected chi connectivity index (χ4v) is 2.58. The minimum Gasteiger partial charge on any atom is -0.384 e. The summed E-state index contributed by atoms with van der Waals surface area (Å²) in [7, 11) is -3.69. The number of rotatable bonds is 4. The molecule has 0 saturated carbocycles. The Bertz CT molecular complexity index is 787. The Morgan fingerprint density at radius 2 is 2.19 bits per heavy atom. The molecule has 0 atom stereocenters. The average molecular weight is 306 g/mol. The summed E-state index contributed by atoms with van der Waals surface area (Å²) in [6.07, 6.45) is 4.25. The molecule has 0 amide bonds. The van der Waals surface area contributed by atoms with E-state index in [9.17, 15) is 8.42 Å². The molecule has 0 saturated heterocycles. The molecule has 0 fully saturated rings. The van der Waals surface area contributed by atoms with Crippen LogP contribution in [0.2, 0.25) is 0 Å². The van der Waals surface area contributed by atoms with Gasteiger partial charge in [0.25, 0.3) is 0 Å². The van der Waals surface area contributed by atoms with Gasteiger partial charge in [0.05, 0.1) is 6.20 Å². The molecule has 0 bridgehead atoms. The number of hydrogen-bond donors (Lipinski definition) is 3. The standard InChI is InChI=1S/C13H14N4O3S/c1-10-12(7-15-17-10)8-16-21(19,20)13-5-11(3-2-4-18)6-14-9-13/h5-7,9,16,18H,4,8H2,1H3,(H,15,17). The first kappa shape index (κ1) is 15.2. The number of nitrogens with zero attached hydrogens (tertiary/aromatic N) is 2. The van der Waals surface area contributed by atoms with Crippen molar-refractivity contribution in [2.75, 3.05) is 6.61 Å². The molecule has 2 rings (SSSR count). The van der Waals surface area contributed by atoms with Crippen LogP contribution in [0.1, 0.15) is 16.8 Å². The lowest BCUT2D eigenvalue weighted by Gasteiger charge is -2.06. The van der Waals surface area contributed by atoms with Gasteiger partial charge in [-0.25, -0.2) is 13.1 Å². The molecule has 8 heteroatoms. The maximum Gasteiger partial charge on any atom is 0.242 e. The van der Waals surface area contributed by atoms with E-state index < -0.39 is 10.0 Å². The predicted octanol–water partition coefficient (Wildman–Crippen LogP) is -0.0646. The third-order valence-electron chi connectivity index (χ3n) is 2.72. The Morgan fingerprint density at radius 3 is 2.86 bits per heavy atom. The minimum atomic E-state index is -3.69. The molecule has 0 aromatic carbocycles. The van der Waals surface area contributed by atoms with E-state index in [4.69, 9.17) is 5.11 Å². The highest BCUT2D eigenvalue weighted by molar-refractivity contribution is 7.89. The van der Waals surface area contributed by atoms with Crippen LogP contribution in [0, 0.1) is 18.8 Å². The molecule has 2 heterocycles. The van der Waals surface area contributed by atoms with Crippen LogP contribution >= 0.6 is 0 Å². The number of nitrogens with one attached hydrogen (secondary N) is 2. The summed E-state index contributed by atoms with van der Waals surface area (Å²) in [5.41, 5.74) is 1.99. The number of aliphatic hydroxyl groups is 1. The van der Waals surface area contributed by atoms with Gasteiger partial charge < -0.3 is 5.11 Å². The number of H-pyrrole nitrogens is 1. The zero-order valence-corrected chi connectivity index (χ0v) is 12.1. The van der Waals surface area contributed by atoms with Crippen LogP contribution in [0.3, 0.4) is 0 Å². The van der Waals surface area contributed by atoms with Crippen LogP contribution in [0.4, 0.5) is 0 Å². The minimum absolute atomic E-state index is 0.0217. The molecule has 2 aromatic rings. The van der Waals surface area contributed by atoms with Crippen molar-refractivity contribution in [3.63, 3.8) is 0 Å². The summed E-state index contributed by atoms with van der Waals surface area (Å²) in [5, 5.41) is 15.2. The van der Waals surface area contributed by atoms with Gasteiger partial charge in [-0.05, 0) is 13.0 Å². The second-order valence-corrected chi connectivity index (χ2v) is 5.98. The fraction of sp³-hybridized carbons (Fsp3) is 0.231. The lowest BCUT2D eigenvalue weighted by Crippen LogP contribution is -2.23. The average Bonchev–Trinajstić information content (AvgIpc) is 2.89. The van der Waals surface area contributed by atoms with Crippen LogP contribution in [-0.4, -0.2) is 35.3 Å². The highest BCUT2D eigenvalue weighted by atomic mass is 32.2. The number of aryl methyl sites for hydroxylation is 1. The number of hydrogen-bond acceptors (Lipinski definition) is 5. The van der Waals surface area contributed by atoms with Crippen molar-refractivity contribution in [2.45, 2.75) is 18.4 Å². The van der Waals surface area contributed by atoms with Crippen molar-refractivity contribution in [1.29, 1.82) is 0 Å². The number of sulfonamides is 1. The van der Waals surface area contributed by atoms with Gasteiger partial charge in [0.1, 0.15) is 11.5 Å². The first-order valence-corrected chi connectivity index (χ1v) is 7.54. The van der Waals surface area contributed by atoms with Gasteiger partial charge in [0.2, 0.25) is 10.0 Å². The van der Waals surface area contributed by atoms with E-state index in [1.165, 1.54) is 18.5 Å². The third-order valence-corrected chi connectivity index (χ3v) is 4.09. The van der Waals surface area contributed by atoms with Gasteiger partial charge in [-0.1, -0.05) is 11.8 Å². The highest BCUT2D eigenvalue weighted by Gasteiger charge is 2.15. The SMILES string of the molecule is Cc1[nH]ncc1CNS(=O)(=O)c1cncc(C#CCO)c1. The predicted molar refractivity (Wildman–Crippen MR) is 75.6 cm³/mol. The van der Waals surface area contributed by atoms with Crippen LogP contribution in [0.25, 0.3) is 0 Å². The Hall–Kier alpha value is -2.21. The van der Waals surface area contributed by atoms with Gasteiger partial charge in [0.15, 0.2) is 0 Å². The molecule has 0 aliphatic rings. The van der Waals surface area contributed by atoms with E-state index in [0.717, 1.165) is 11.3 Å². The van der Waals surface area contributed by atoms with Crippen molar-refractivity contribution in [2.24, 2.45) is 0 Å². The molecule has 3 N–H and O–H groups in total. The van der Waals surface area contributed by atoms with Crippen LogP contribution in [-0.2, 0) is 16.6 Å². The Labute approximate surface area is 122 Å². The van der Waals surface area contributed by atoms with Gasteiger partial charge in [0, 0.05) is 35.8 Å². The summed E-state index contributed by atoms with van der Waals surface area (Å²) >= 11 is 0. The first-order valence-electron chi connectivity index (χ1n) is 6.06. The van der Waals surface area contributed by atoms with Crippen molar-refractivity contribution in [3.05, 3.63) is 41.5 Å². The largest absolute Gasteiger partial charge is 0.384 e.